The van der Waals surface area contributed by atoms with Crippen LogP contribution >= 0.6 is 0 Å². The predicted molar refractivity (Wildman–Crippen MR) is 208 cm³/mol. The van der Waals surface area contributed by atoms with Gasteiger partial charge in [-0.15, -0.1) is 10.2 Å². The summed E-state index contributed by atoms with van der Waals surface area (Å²) in [5.41, 5.74) is 4.84. The Morgan fingerprint density at radius 3 is 2.46 bits per heavy atom. The standard InChI is InChI=1S/C41H55N7O5S/c1-26-10-11-31(36(40(6,7)39(49)50)33-12-17-48-30(5)44-45-38(48)29(33)4)21-32(26)24-47-25-41(13-18-53-19-14-41)22-34-35(54(47,51)52)20-27(2)37(43-34)42-28(3)23-46-15-8-9-16-46/h10-12,17,20-21,28,36H,8-9,13-16,18-19,22-25H2,1-7H3,(H,42,43)(H,49,50)/t28-,36+/m0/s1. The fourth-order valence-electron chi connectivity index (χ4n) is 8.91. The van der Waals surface area contributed by atoms with Crippen LogP contribution in [0.4, 0.5) is 5.82 Å². The molecule has 3 aliphatic rings. The normalized spacial score (nSPS) is 20.1. The van der Waals surface area contributed by atoms with Crippen molar-refractivity contribution in [2.24, 2.45) is 10.8 Å². The second-order valence-electron chi connectivity index (χ2n) is 16.7. The molecular weight excluding hydrogens is 703 g/mol. The van der Waals surface area contributed by atoms with E-state index in [4.69, 9.17) is 9.72 Å². The highest BCUT2D eigenvalue weighted by Gasteiger charge is 2.45. The summed E-state index contributed by atoms with van der Waals surface area (Å²) < 4.78 is 39.1. The Morgan fingerprint density at radius 1 is 1.04 bits per heavy atom. The zero-order chi connectivity index (χ0) is 38.6. The summed E-state index contributed by atoms with van der Waals surface area (Å²) in [5, 5.41) is 22.8. The molecule has 0 radical (unpaired) electrons. The third-order valence-corrected chi connectivity index (χ3v) is 14.1. The van der Waals surface area contributed by atoms with Crippen molar-refractivity contribution in [3.05, 3.63) is 81.4 Å². The van der Waals surface area contributed by atoms with Crippen molar-refractivity contribution in [2.75, 3.05) is 44.7 Å². The highest BCUT2D eigenvalue weighted by molar-refractivity contribution is 7.89. The third-order valence-electron chi connectivity index (χ3n) is 12.3. The second kappa shape index (κ2) is 14.6. The number of aromatic nitrogens is 4. The van der Waals surface area contributed by atoms with Gasteiger partial charge in [0.1, 0.15) is 16.5 Å². The van der Waals surface area contributed by atoms with E-state index in [1.165, 1.54) is 12.8 Å². The van der Waals surface area contributed by atoms with E-state index in [0.717, 1.165) is 77.5 Å². The van der Waals surface area contributed by atoms with E-state index in [0.29, 0.717) is 37.5 Å². The number of pyridine rings is 2. The monoisotopic (exact) mass is 757 g/mol. The van der Waals surface area contributed by atoms with E-state index < -0.39 is 27.3 Å². The van der Waals surface area contributed by atoms with Crippen LogP contribution in [0.5, 0.6) is 0 Å². The lowest BCUT2D eigenvalue weighted by atomic mass is 9.70. The number of hydrogen-bond acceptors (Lipinski definition) is 9. The van der Waals surface area contributed by atoms with Gasteiger partial charge in [-0.1, -0.05) is 18.2 Å². The highest BCUT2D eigenvalue weighted by Crippen LogP contribution is 2.45. The first-order valence-electron chi connectivity index (χ1n) is 19.3. The van der Waals surface area contributed by atoms with Crippen molar-refractivity contribution < 1.29 is 23.1 Å². The summed E-state index contributed by atoms with van der Waals surface area (Å²) in [6, 6.07) is 9.92. The molecule has 2 atom stereocenters. The lowest BCUT2D eigenvalue weighted by Crippen LogP contribution is -2.43. The summed E-state index contributed by atoms with van der Waals surface area (Å²) >= 11 is 0. The molecular formula is C41H55N7O5S. The van der Waals surface area contributed by atoms with Crippen LogP contribution in [-0.4, -0.2) is 93.7 Å². The lowest BCUT2D eigenvalue weighted by molar-refractivity contribution is -0.147. The molecule has 4 aromatic rings. The van der Waals surface area contributed by atoms with Crippen LogP contribution in [0.1, 0.15) is 97.3 Å². The molecule has 2 N–H and O–H groups in total. The number of likely N-dealkylation sites (tertiary alicyclic amines) is 1. The van der Waals surface area contributed by atoms with E-state index in [2.05, 4.69) is 27.3 Å². The Kier molecular flexibility index (Phi) is 10.4. The molecule has 13 heteroatoms. The molecule has 1 spiro atoms. The minimum absolute atomic E-state index is 0.150. The van der Waals surface area contributed by atoms with Crippen LogP contribution in [0, 0.1) is 38.5 Å². The molecule has 3 aromatic heterocycles. The number of rotatable bonds is 10. The maximum absolute atomic E-state index is 14.9. The highest BCUT2D eigenvalue weighted by atomic mass is 32.2. The number of nitrogens with one attached hydrogen (secondary N) is 1. The number of carboxylic acid groups (broad SMARTS) is 1. The number of ether oxygens (including phenoxy) is 1. The van der Waals surface area contributed by atoms with Crippen molar-refractivity contribution in [1.29, 1.82) is 0 Å². The first-order chi connectivity index (χ1) is 25.6. The molecule has 0 saturated carbocycles. The van der Waals surface area contributed by atoms with Crippen molar-refractivity contribution in [2.45, 2.75) is 104 Å². The molecule has 7 rings (SSSR count). The molecule has 54 heavy (non-hydrogen) atoms. The van der Waals surface area contributed by atoms with Crippen LogP contribution < -0.4 is 5.32 Å². The molecule has 2 saturated heterocycles. The van der Waals surface area contributed by atoms with Gasteiger partial charge < -0.3 is 20.1 Å². The average molecular weight is 758 g/mol. The first-order valence-corrected chi connectivity index (χ1v) is 20.7. The van der Waals surface area contributed by atoms with Gasteiger partial charge in [0.2, 0.25) is 10.0 Å². The van der Waals surface area contributed by atoms with Gasteiger partial charge in [-0.05, 0) is 145 Å². The summed E-state index contributed by atoms with van der Waals surface area (Å²) in [4.78, 5) is 20.7. The Morgan fingerprint density at radius 2 is 1.76 bits per heavy atom. The topological polar surface area (TPSA) is 142 Å². The Hall–Kier alpha value is -3.91. The van der Waals surface area contributed by atoms with Crippen LogP contribution in [0.25, 0.3) is 5.65 Å². The number of aliphatic carboxylic acids is 1. The van der Waals surface area contributed by atoms with Crippen molar-refractivity contribution in [1.82, 2.24) is 28.8 Å². The maximum atomic E-state index is 14.9. The number of benzene rings is 1. The van der Waals surface area contributed by atoms with Gasteiger partial charge in [-0.25, -0.2) is 13.4 Å². The van der Waals surface area contributed by atoms with Gasteiger partial charge in [0.25, 0.3) is 0 Å². The van der Waals surface area contributed by atoms with Gasteiger partial charge in [0.05, 0.1) is 11.1 Å². The molecule has 0 unspecified atom stereocenters. The molecule has 0 bridgehead atoms. The van der Waals surface area contributed by atoms with Gasteiger partial charge in [0.15, 0.2) is 5.65 Å². The fourth-order valence-corrected chi connectivity index (χ4v) is 10.7. The van der Waals surface area contributed by atoms with Crippen molar-refractivity contribution in [3.8, 4) is 0 Å². The molecule has 0 aliphatic carbocycles. The number of anilines is 1. The number of carboxylic acids is 1. The lowest BCUT2D eigenvalue weighted by Gasteiger charge is -2.38. The van der Waals surface area contributed by atoms with Crippen LogP contribution in [-0.2, 0) is 32.5 Å². The number of hydrogen-bond donors (Lipinski definition) is 2. The van der Waals surface area contributed by atoms with Crippen LogP contribution in [0.15, 0.2) is 41.4 Å². The zero-order valence-electron chi connectivity index (χ0n) is 32.8. The second-order valence-corrected chi connectivity index (χ2v) is 18.6. The number of nitrogens with zero attached hydrogens (tertiary/aromatic N) is 6. The van der Waals surface area contributed by atoms with E-state index in [1.54, 1.807) is 18.2 Å². The average Bonchev–Trinajstić information content (AvgIpc) is 3.76. The van der Waals surface area contributed by atoms with Crippen LogP contribution in [0.2, 0.25) is 0 Å². The van der Waals surface area contributed by atoms with Gasteiger partial charge in [-0.3, -0.25) is 9.20 Å². The predicted octanol–water partition coefficient (Wildman–Crippen LogP) is 6.04. The largest absolute Gasteiger partial charge is 0.481 e. The minimum Gasteiger partial charge on any atom is -0.481 e. The molecule has 290 valence electrons. The smallest absolute Gasteiger partial charge is 0.310 e. The maximum Gasteiger partial charge on any atom is 0.310 e. The minimum atomic E-state index is -3.97. The summed E-state index contributed by atoms with van der Waals surface area (Å²) in [5.74, 6) is 0.0164. The molecule has 0 amide bonds. The van der Waals surface area contributed by atoms with Crippen molar-refractivity contribution >= 4 is 27.5 Å². The number of fused-ring (bicyclic) bond motifs is 2. The molecule has 3 aliphatic heterocycles. The molecule has 12 nitrogen and oxygen atoms in total. The molecule has 1 aromatic carbocycles. The first kappa shape index (κ1) is 38.4. The van der Waals surface area contributed by atoms with E-state index in [-0.39, 0.29) is 22.9 Å². The fraction of sp³-hybridized carbons (Fsp3) is 0.561. The van der Waals surface area contributed by atoms with E-state index in [1.807, 2.05) is 68.6 Å². The van der Waals surface area contributed by atoms with E-state index >= 15 is 0 Å². The summed E-state index contributed by atoms with van der Waals surface area (Å²) in [6.45, 7) is 18.2. The quantitative estimate of drug-likeness (QED) is 0.197. The summed E-state index contributed by atoms with van der Waals surface area (Å²) in [6.07, 6.45) is 6.38. The Labute approximate surface area is 319 Å². The zero-order valence-corrected chi connectivity index (χ0v) is 33.6. The Bertz CT molecular complexity index is 2170. The third kappa shape index (κ3) is 7.15. The van der Waals surface area contributed by atoms with Crippen molar-refractivity contribution in [3.63, 3.8) is 0 Å². The van der Waals surface area contributed by atoms with Gasteiger partial charge in [0, 0.05) is 51.0 Å². The number of sulfonamides is 1. The number of aryl methyl sites for hydroxylation is 4. The molecule has 2 fully saturated rings. The van der Waals surface area contributed by atoms with E-state index in [9.17, 15) is 18.3 Å². The number of carbonyl (C=O) groups is 1. The van der Waals surface area contributed by atoms with Gasteiger partial charge in [-0.2, -0.15) is 4.31 Å². The molecule has 6 heterocycles. The SMILES string of the molecule is Cc1ccc([C@H](c2ccn3c(C)nnc3c2C)C(C)(C)C(=O)O)cc1CN1CC2(CCOCC2)Cc2nc(N[C@@H](C)CN3CCCC3)c(C)cc2S1(=O)=O. The van der Waals surface area contributed by atoms with Gasteiger partial charge >= 0.3 is 5.97 Å². The van der Waals surface area contributed by atoms with Crippen LogP contribution in [0.3, 0.4) is 0 Å². The summed E-state index contributed by atoms with van der Waals surface area (Å²) in [7, 11) is -3.97. The Balaban J connectivity index is 1.27.